The van der Waals surface area contributed by atoms with Crippen LogP contribution in [-0.2, 0) is 14.4 Å². The Morgan fingerprint density at radius 3 is 2.41 bits per heavy atom. The third-order valence-electron chi connectivity index (χ3n) is 6.33. The molecule has 1 saturated heterocycles. The Morgan fingerprint density at radius 1 is 1.15 bits per heavy atom. The minimum Gasteiger partial charge on any atom is -0.355 e. The summed E-state index contributed by atoms with van der Waals surface area (Å²) in [6.45, 7) is 9.37. The summed E-state index contributed by atoms with van der Waals surface area (Å²) in [6.07, 6.45) is 5.26. The molecule has 1 aliphatic heterocycles. The van der Waals surface area contributed by atoms with Gasteiger partial charge >= 0.3 is 0 Å². The molecule has 0 radical (unpaired) electrons. The fourth-order valence-corrected chi connectivity index (χ4v) is 5.32. The monoisotopic (exact) mass is 553 g/mol. The largest absolute Gasteiger partial charge is 0.355 e. The molecule has 0 spiro atoms. The summed E-state index contributed by atoms with van der Waals surface area (Å²) < 4.78 is 0.478. The number of unbranched alkanes of at least 4 members (excludes halogenated alkanes) is 3. The first kappa shape index (κ1) is 28.7. The second-order valence-electron chi connectivity index (χ2n) is 9.99. The molecule has 2 N–H and O–H groups in total. The van der Waals surface area contributed by atoms with Gasteiger partial charge in [-0.3, -0.25) is 14.4 Å². The number of nitrogens with zero attached hydrogens (tertiary/aromatic N) is 1. The lowest BCUT2D eigenvalue weighted by Crippen LogP contribution is -2.51. The van der Waals surface area contributed by atoms with Crippen LogP contribution >= 0.6 is 27.7 Å². The summed E-state index contributed by atoms with van der Waals surface area (Å²) in [6, 6.07) is 8.15. The summed E-state index contributed by atoms with van der Waals surface area (Å²) in [5.74, 6) is -0.319. The molecule has 1 aliphatic rings. The van der Waals surface area contributed by atoms with Crippen LogP contribution in [0, 0.1) is 11.8 Å². The van der Waals surface area contributed by atoms with Gasteiger partial charge in [-0.05, 0) is 69.7 Å². The average molecular weight is 555 g/mol. The fraction of sp³-hybridized carbons (Fsp3) is 0.654. The highest BCUT2D eigenvalue weighted by Gasteiger charge is 2.35. The number of piperidine rings is 1. The van der Waals surface area contributed by atoms with Crippen molar-refractivity contribution in [2.75, 3.05) is 20.1 Å². The van der Waals surface area contributed by atoms with Crippen LogP contribution in [0.3, 0.4) is 0 Å². The quantitative estimate of drug-likeness (QED) is 0.217. The topological polar surface area (TPSA) is 78.5 Å². The van der Waals surface area contributed by atoms with E-state index in [2.05, 4.69) is 40.4 Å². The van der Waals surface area contributed by atoms with Gasteiger partial charge in [0.05, 0.1) is 4.75 Å². The van der Waals surface area contributed by atoms with E-state index in [-0.39, 0.29) is 23.8 Å². The van der Waals surface area contributed by atoms with E-state index in [1.165, 1.54) is 0 Å². The Morgan fingerprint density at radius 2 is 1.79 bits per heavy atom. The van der Waals surface area contributed by atoms with E-state index in [0.717, 1.165) is 41.5 Å². The van der Waals surface area contributed by atoms with Gasteiger partial charge in [-0.2, -0.15) is 0 Å². The van der Waals surface area contributed by atoms with E-state index in [4.69, 9.17) is 0 Å². The molecule has 2 rings (SSSR count). The van der Waals surface area contributed by atoms with Crippen LogP contribution in [0.4, 0.5) is 0 Å². The summed E-state index contributed by atoms with van der Waals surface area (Å²) in [7, 11) is 1.79. The maximum atomic E-state index is 12.7. The predicted octanol–water partition coefficient (Wildman–Crippen LogP) is 5.01. The number of nitrogens with one attached hydrogen (secondary N) is 2. The van der Waals surface area contributed by atoms with E-state index >= 15 is 0 Å². The number of rotatable bonds is 12. The van der Waals surface area contributed by atoms with Crippen LogP contribution in [0.15, 0.2) is 33.6 Å². The van der Waals surface area contributed by atoms with E-state index in [9.17, 15) is 14.4 Å². The molecule has 3 amide bonds. The minimum atomic E-state index is -0.547. The normalized spacial score (nSPS) is 18.5. The second-order valence-corrected chi connectivity index (χ2v) is 12.6. The molecule has 1 aromatic rings. The van der Waals surface area contributed by atoms with Gasteiger partial charge in [0, 0.05) is 35.5 Å². The van der Waals surface area contributed by atoms with Gasteiger partial charge < -0.3 is 15.5 Å². The van der Waals surface area contributed by atoms with Crippen molar-refractivity contribution < 1.29 is 14.4 Å². The van der Waals surface area contributed by atoms with Crippen molar-refractivity contribution in [2.24, 2.45) is 11.8 Å². The molecule has 1 fully saturated rings. The van der Waals surface area contributed by atoms with Gasteiger partial charge in [0.15, 0.2) is 0 Å². The van der Waals surface area contributed by atoms with Gasteiger partial charge in [-0.1, -0.05) is 42.6 Å². The summed E-state index contributed by atoms with van der Waals surface area (Å²) in [4.78, 5) is 40.4. The van der Waals surface area contributed by atoms with Crippen molar-refractivity contribution in [1.29, 1.82) is 0 Å². The van der Waals surface area contributed by atoms with E-state index < -0.39 is 10.7 Å². The Balaban J connectivity index is 1.60. The molecule has 0 bridgehead atoms. The molecule has 190 valence electrons. The highest BCUT2D eigenvalue weighted by molar-refractivity contribution is 9.10. The molecule has 34 heavy (non-hydrogen) atoms. The zero-order valence-corrected chi connectivity index (χ0v) is 23.6. The Hall–Kier alpha value is -1.54. The number of carbonyl (C=O) groups excluding carboxylic acids is 3. The number of hydrogen-bond donors (Lipinski definition) is 2. The summed E-state index contributed by atoms with van der Waals surface area (Å²) >= 11 is 4.99. The van der Waals surface area contributed by atoms with Crippen LogP contribution in [0.1, 0.15) is 66.2 Å². The lowest BCUT2D eigenvalue weighted by Gasteiger charge is -2.32. The highest BCUT2D eigenvalue weighted by Crippen LogP contribution is 2.33. The minimum absolute atomic E-state index is 0.0382. The Bertz CT molecular complexity index is 829. The van der Waals surface area contributed by atoms with Crippen molar-refractivity contribution in [3.63, 3.8) is 0 Å². The number of benzene rings is 1. The van der Waals surface area contributed by atoms with E-state index in [1.807, 2.05) is 38.1 Å². The molecule has 8 heteroatoms. The zero-order valence-electron chi connectivity index (χ0n) is 21.2. The van der Waals surface area contributed by atoms with Crippen LogP contribution in [-0.4, -0.2) is 53.5 Å². The van der Waals surface area contributed by atoms with Crippen molar-refractivity contribution in [2.45, 2.75) is 81.9 Å². The average Bonchev–Trinajstić information content (AvgIpc) is 2.78. The summed E-state index contributed by atoms with van der Waals surface area (Å²) in [5, 5.41) is 6.06. The lowest BCUT2D eigenvalue weighted by molar-refractivity contribution is -0.143. The van der Waals surface area contributed by atoms with Crippen LogP contribution < -0.4 is 10.6 Å². The molecule has 0 aromatic heterocycles. The molecule has 0 aliphatic carbocycles. The molecule has 1 aromatic carbocycles. The molecular formula is C26H40BrN3O3S. The predicted molar refractivity (Wildman–Crippen MR) is 143 cm³/mol. The number of hydrogen-bond acceptors (Lipinski definition) is 4. The van der Waals surface area contributed by atoms with Crippen LogP contribution in [0.5, 0.6) is 0 Å². The SMILES string of the molecule is CC(C)C1CCC(C(=O)N(C)CCCCCCNC(=O)C(C)(C)Sc2ccc(Br)cc2)C(=O)N1. The van der Waals surface area contributed by atoms with E-state index in [1.54, 1.807) is 23.7 Å². The standard InChI is InChI=1S/C26H40BrN3O3S/c1-18(2)22-15-14-21(23(31)29-22)24(32)30(5)17-9-7-6-8-16-28-25(33)26(3,4)34-20-12-10-19(27)11-13-20/h10-13,18,21-22H,6-9,14-17H2,1-5H3,(H,28,33)(H,29,31). The molecule has 2 atom stereocenters. The Labute approximate surface area is 217 Å². The maximum absolute atomic E-state index is 12.7. The third-order valence-corrected chi connectivity index (χ3v) is 8.06. The van der Waals surface area contributed by atoms with Gasteiger partial charge in [0.1, 0.15) is 5.92 Å². The molecule has 2 unspecified atom stereocenters. The number of halogens is 1. The van der Waals surface area contributed by atoms with Crippen molar-refractivity contribution in [3.8, 4) is 0 Å². The van der Waals surface area contributed by atoms with Crippen LogP contribution in [0.2, 0.25) is 0 Å². The number of amides is 3. The first-order valence-corrected chi connectivity index (χ1v) is 13.9. The molecule has 1 heterocycles. The Kier molecular flexibility index (Phi) is 11.4. The van der Waals surface area contributed by atoms with Crippen molar-refractivity contribution in [3.05, 3.63) is 28.7 Å². The fourth-order valence-electron chi connectivity index (χ4n) is 4.03. The van der Waals surface area contributed by atoms with E-state index in [0.29, 0.717) is 25.4 Å². The lowest BCUT2D eigenvalue weighted by atomic mass is 9.88. The second kappa shape index (κ2) is 13.5. The summed E-state index contributed by atoms with van der Waals surface area (Å²) in [5.41, 5.74) is 0. The highest BCUT2D eigenvalue weighted by atomic mass is 79.9. The zero-order chi connectivity index (χ0) is 25.3. The smallest absolute Gasteiger partial charge is 0.236 e. The van der Waals surface area contributed by atoms with Crippen molar-refractivity contribution in [1.82, 2.24) is 15.5 Å². The first-order chi connectivity index (χ1) is 16.0. The van der Waals surface area contributed by atoms with Gasteiger partial charge in [0.25, 0.3) is 0 Å². The molecule has 0 saturated carbocycles. The number of carbonyl (C=O) groups is 3. The van der Waals surface area contributed by atoms with Gasteiger partial charge in [-0.25, -0.2) is 0 Å². The van der Waals surface area contributed by atoms with Gasteiger partial charge in [0.2, 0.25) is 17.7 Å². The number of thioether (sulfide) groups is 1. The maximum Gasteiger partial charge on any atom is 0.236 e. The molecular weight excluding hydrogens is 514 g/mol. The van der Waals surface area contributed by atoms with Crippen molar-refractivity contribution >= 4 is 45.4 Å². The van der Waals surface area contributed by atoms with Gasteiger partial charge in [-0.15, -0.1) is 11.8 Å². The first-order valence-electron chi connectivity index (χ1n) is 12.3. The van der Waals surface area contributed by atoms with Crippen LogP contribution in [0.25, 0.3) is 0 Å². The molecule has 6 nitrogen and oxygen atoms in total. The third kappa shape index (κ3) is 8.91.